The van der Waals surface area contributed by atoms with E-state index in [9.17, 15) is 5.11 Å². The molecule has 1 N–H and O–H groups in total. The van der Waals surface area contributed by atoms with Crippen LogP contribution in [0.2, 0.25) is 0 Å². The minimum atomic E-state index is 0.113. The predicted molar refractivity (Wildman–Crippen MR) is 92.9 cm³/mol. The molecule has 0 aliphatic rings. The number of fused-ring (bicyclic) bond motifs is 1. The summed E-state index contributed by atoms with van der Waals surface area (Å²) >= 11 is 0. The zero-order valence-corrected chi connectivity index (χ0v) is 13.7. The highest BCUT2D eigenvalue weighted by molar-refractivity contribution is 5.87. The highest BCUT2D eigenvalue weighted by atomic mass is 16.5. The van der Waals surface area contributed by atoms with E-state index < -0.39 is 0 Å². The van der Waals surface area contributed by atoms with Gasteiger partial charge in [-0.05, 0) is 41.5 Å². The summed E-state index contributed by atoms with van der Waals surface area (Å²) in [6, 6.07) is 9.11. The monoisotopic (exact) mass is 326 g/mol. The molecule has 0 radical (unpaired) electrons. The summed E-state index contributed by atoms with van der Waals surface area (Å²) in [6.07, 6.45) is 5.36. The Labute approximate surface area is 139 Å². The maximum absolute atomic E-state index is 9.99. The van der Waals surface area contributed by atoms with Crippen LogP contribution in [0, 0.1) is 0 Å². The van der Waals surface area contributed by atoms with E-state index in [1.807, 2.05) is 36.4 Å². The number of furan rings is 1. The third-order valence-corrected chi connectivity index (χ3v) is 3.71. The summed E-state index contributed by atoms with van der Waals surface area (Å²) in [5.41, 5.74) is 2.23. The molecule has 0 aliphatic carbocycles. The lowest BCUT2D eigenvalue weighted by atomic mass is 10.1. The molecule has 0 saturated carbocycles. The van der Waals surface area contributed by atoms with Crippen LogP contribution in [-0.2, 0) is 0 Å². The van der Waals surface area contributed by atoms with Crippen molar-refractivity contribution < 1.29 is 23.7 Å². The van der Waals surface area contributed by atoms with Gasteiger partial charge in [0.1, 0.15) is 0 Å². The fourth-order valence-electron chi connectivity index (χ4n) is 2.57. The molecule has 5 heteroatoms. The molecule has 0 spiro atoms. The molecule has 0 atom stereocenters. The van der Waals surface area contributed by atoms with E-state index >= 15 is 0 Å². The van der Waals surface area contributed by atoms with Crippen molar-refractivity contribution in [3.8, 4) is 23.0 Å². The Morgan fingerprint density at radius 1 is 0.875 bits per heavy atom. The van der Waals surface area contributed by atoms with Crippen LogP contribution in [0.5, 0.6) is 23.0 Å². The highest BCUT2D eigenvalue weighted by Crippen LogP contribution is 2.38. The molecule has 0 fully saturated rings. The standard InChI is InChI=1S/C19H18O5/c1-21-16-10-13(11-17(22-2)19(16)23-3)5-4-12-8-14-6-7-24-18(14)15(20)9-12/h4-11,20H,1-3H3/b5-4-. The van der Waals surface area contributed by atoms with Crippen molar-refractivity contribution in [2.45, 2.75) is 0 Å². The molecule has 0 saturated heterocycles. The summed E-state index contributed by atoms with van der Waals surface area (Å²) in [7, 11) is 4.73. The van der Waals surface area contributed by atoms with Gasteiger partial charge in [0.05, 0.1) is 27.6 Å². The van der Waals surface area contributed by atoms with Gasteiger partial charge in [-0.3, -0.25) is 0 Å². The minimum absolute atomic E-state index is 0.113. The quantitative estimate of drug-likeness (QED) is 0.707. The molecule has 0 amide bonds. The van der Waals surface area contributed by atoms with Gasteiger partial charge in [0.2, 0.25) is 5.75 Å². The van der Waals surface area contributed by atoms with Crippen LogP contribution in [0.25, 0.3) is 23.1 Å². The molecule has 0 bridgehead atoms. The van der Waals surface area contributed by atoms with E-state index in [2.05, 4.69) is 0 Å². The Morgan fingerprint density at radius 3 is 2.08 bits per heavy atom. The van der Waals surface area contributed by atoms with Crippen LogP contribution in [-0.4, -0.2) is 26.4 Å². The number of hydrogen-bond donors (Lipinski definition) is 1. The zero-order chi connectivity index (χ0) is 17.1. The van der Waals surface area contributed by atoms with E-state index in [-0.39, 0.29) is 5.75 Å². The van der Waals surface area contributed by atoms with E-state index in [0.29, 0.717) is 22.8 Å². The molecule has 124 valence electrons. The largest absolute Gasteiger partial charge is 0.504 e. The first-order valence-corrected chi connectivity index (χ1v) is 7.34. The summed E-state index contributed by atoms with van der Waals surface area (Å²) in [5, 5.41) is 10.8. The fraction of sp³-hybridized carbons (Fsp3) is 0.158. The second-order valence-corrected chi connectivity index (χ2v) is 5.17. The number of benzene rings is 2. The molecule has 2 aromatic carbocycles. The van der Waals surface area contributed by atoms with Crippen molar-refractivity contribution in [3.63, 3.8) is 0 Å². The average Bonchev–Trinajstić information content (AvgIpc) is 3.08. The summed E-state index contributed by atoms with van der Waals surface area (Å²) in [5.74, 6) is 1.84. The molecule has 1 heterocycles. The van der Waals surface area contributed by atoms with Crippen molar-refractivity contribution >= 4 is 23.1 Å². The lowest BCUT2D eigenvalue weighted by Gasteiger charge is -2.12. The smallest absolute Gasteiger partial charge is 0.203 e. The van der Waals surface area contributed by atoms with Crippen molar-refractivity contribution in [1.82, 2.24) is 0 Å². The van der Waals surface area contributed by atoms with Gasteiger partial charge in [-0.2, -0.15) is 0 Å². The van der Waals surface area contributed by atoms with Crippen LogP contribution < -0.4 is 14.2 Å². The Morgan fingerprint density at radius 2 is 1.50 bits per heavy atom. The molecule has 0 aliphatic heterocycles. The van der Waals surface area contributed by atoms with E-state index in [0.717, 1.165) is 16.5 Å². The topological polar surface area (TPSA) is 61.1 Å². The van der Waals surface area contributed by atoms with Gasteiger partial charge >= 0.3 is 0 Å². The Kier molecular flexibility index (Phi) is 4.33. The van der Waals surface area contributed by atoms with Gasteiger partial charge in [0, 0.05) is 5.39 Å². The second-order valence-electron chi connectivity index (χ2n) is 5.17. The third-order valence-electron chi connectivity index (χ3n) is 3.71. The third kappa shape index (κ3) is 2.88. The maximum atomic E-state index is 9.99. The first-order chi connectivity index (χ1) is 11.7. The Bertz CT molecular complexity index is 867. The van der Waals surface area contributed by atoms with Gasteiger partial charge in [-0.15, -0.1) is 0 Å². The number of aromatic hydroxyl groups is 1. The van der Waals surface area contributed by atoms with E-state index in [1.54, 1.807) is 33.7 Å². The summed E-state index contributed by atoms with van der Waals surface area (Å²) in [6.45, 7) is 0. The molecule has 3 aromatic rings. The molecule has 24 heavy (non-hydrogen) atoms. The van der Waals surface area contributed by atoms with Crippen molar-refractivity contribution in [2.75, 3.05) is 21.3 Å². The van der Waals surface area contributed by atoms with Crippen molar-refractivity contribution in [1.29, 1.82) is 0 Å². The Balaban J connectivity index is 1.98. The van der Waals surface area contributed by atoms with Crippen LogP contribution in [0.3, 0.4) is 0 Å². The average molecular weight is 326 g/mol. The SMILES string of the molecule is COc1cc(/C=C\c2cc(O)c3occc3c2)cc(OC)c1OC. The molecule has 3 rings (SSSR count). The van der Waals surface area contributed by atoms with Crippen molar-refractivity contribution in [2.24, 2.45) is 0 Å². The lowest BCUT2D eigenvalue weighted by Crippen LogP contribution is -1.95. The van der Waals surface area contributed by atoms with Crippen LogP contribution in [0.15, 0.2) is 41.0 Å². The predicted octanol–water partition coefficient (Wildman–Crippen LogP) is 4.33. The summed E-state index contributed by atoms with van der Waals surface area (Å²) < 4.78 is 21.2. The zero-order valence-electron chi connectivity index (χ0n) is 13.7. The highest BCUT2D eigenvalue weighted by Gasteiger charge is 2.12. The van der Waals surface area contributed by atoms with E-state index in [4.69, 9.17) is 18.6 Å². The summed E-state index contributed by atoms with van der Waals surface area (Å²) in [4.78, 5) is 0. The first kappa shape index (κ1) is 15.8. The van der Waals surface area contributed by atoms with Crippen LogP contribution in [0.1, 0.15) is 11.1 Å². The van der Waals surface area contributed by atoms with Gasteiger partial charge in [-0.1, -0.05) is 12.2 Å². The van der Waals surface area contributed by atoms with Gasteiger partial charge in [0.15, 0.2) is 22.8 Å². The Hall–Kier alpha value is -3.08. The van der Waals surface area contributed by atoms with E-state index in [1.165, 1.54) is 0 Å². The molecule has 1 aromatic heterocycles. The van der Waals surface area contributed by atoms with Crippen LogP contribution in [0.4, 0.5) is 0 Å². The minimum Gasteiger partial charge on any atom is -0.504 e. The normalized spacial score (nSPS) is 11.1. The molecule has 0 unspecified atom stereocenters. The number of phenolic OH excluding ortho intramolecular Hbond substituents is 1. The molecule has 5 nitrogen and oxygen atoms in total. The van der Waals surface area contributed by atoms with Crippen molar-refractivity contribution in [3.05, 3.63) is 47.7 Å². The number of phenols is 1. The fourth-order valence-corrected chi connectivity index (χ4v) is 2.57. The number of methoxy groups -OCH3 is 3. The van der Waals surface area contributed by atoms with Gasteiger partial charge < -0.3 is 23.7 Å². The number of ether oxygens (including phenoxy) is 3. The van der Waals surface area contributed by atoms with Crippen LogP contribution >= 0.6 is 0 Å². The van der Waals surface area contributed by atoms with Gasteiger partial charge in [-0.25, -0.2) is 0 Å². The van der Waals surface area contributed by atoms with Gasteiger partial charge in [0.25, 0.3) is 0 Å². The molecular weight excluding hydrogens is 308 g/mol. The second kappa shape index (κ2) is 6.58. The maximum Gasteiger partial charge on any atom is 0.203 e. The first-order valence-electron chi connectivity index (χ1n) is 7.34. The number of hydrogen-bond acceptors (Lipinski definition) is 5. The number of rotatable bonds is 5. The lowest BCUT2D eigenvalue weighted by molar-refractivity contribution is 0.324. The molecular formula is C19H18O5.